The number of methoxy groups -OCH3 is 1. The molecule has 0 radical (unpaired) electrons. The zero-order valence-corrected chi connectivity index (χ0v) is 16.6. The number of rotatable bonds is 6. The molecular formula is C22H19ClN2O3. The van der Waals surface area contributed by atoms with Crippen LogP contribution in [0.25, 0.3) is 6.08 Å². The summed E-state index contributed by atoms with van der Waals surface area (Å²) < 4.78 is 10.7. The Morgan fingerprint density at radius 2 is 2.07 bits per heavy atom. The van der Waals surface area contributed by atoms with E-state index in [-0.39, 0.29) is 17.2 Å². The Hall–Kier alpha value is -3.41. The number of nitrogens with zero attached hydrogens (tertiary/aromatic N) is 1. The maximum absolute atomic E-state index is 12.5. The Balaban J connectivity index is 2.34. The molecule has 0 aromatic heterocycles. The zero-order chi connectivity index (χ0) is 20.7. The molecule has 0 saturated carbocycles. The summed E-state index contributed by atoms with van der Waals surface area (Å²) in [5, 5.41) is 12.5. The van der Waals surface area contributed by atoms with Gasteiger partial charge in [-0.1, -0.05) is 29.7 Å². The van der Waals surface area contributed by atoms with Gasteiger partial charge < -0.3 is 14.8 Å². The first-order valence-electron chi connectivity index (χ1n) is 8.33. The van der Waals surface area contributed by atoms with Crippen molar-refractivity contribution in [3.8, 4) is 29.9 Å². The van der Waals surface area contributed by atoms with Crippen molar-refractivity contribution in [1.29, 1.82) is 5.26 Å². The minimum absolute atomic E-state index is 0.0347. The van der Waals surface area contributed by atoms with Gasteiger partial charge >= 0.3 is 0 Å². The maximum Gasteiger partial charge on any atom is 0.266 e. The second-order valence-electron chi connectivity index (χ2n) is 5.97. The number of hydrogen-bond acceptors (Lipinski definition) is 4. The number of terminal acetylenes is 1. The number of ether oxygens (including phenoxy) is 2. The number of aryl methyl sites for hydroxylation is 2. The number of nitriles is 1. The number of hydrogen-bond donors (Lipinski definition) is 1. The summed E-state index contributed by atoms with van der Waals surface area (Å²) in [6, 6.07) is 10.8. The highest BCUT2D eigenvalue weighted by atomic mass is 35.5. The molecule has 1 amide bonds. The summed E-state index contributed by atoms with van der Waals surface area (Å²) in [6.45, 7) is 3.84. The highest BCUT2D eigenvalue weighted by molar-refractivity contribution is 6.32. The number of nitrogens with one attached hydrogen (secondary N) is 1. The Morgan fingerprint density at radius 1 is 1.32 bits per heavy atom. The SMILES string of the molecule is C#CCOc1c(Cl)cc(/C=C(\C#N)C(=O)Nc2cc(C)ccc2C)cc1OC. The highest BCUT2D eigenvalue weighted by Gasteiger charge is 2.14. The van der Waals surface area contributed by atoms with Gasteiger partial charge in [-0.2, -0.15) is 5.26 Å². The average molecular weight is 395 g/mol. The van der Waals surface area contributed by atoms with Crippen molar-refractivity contribution >= 4 is 29.3 Å². The van der Waals surface area contributed by atoms with E-state index in [1.54, 1.807) is 12.1 Å². The number of anilines is 1. The van der Waals surface area contributed by atoms with Crippen molar-refractivity contribution < 1.29 is 14.3 Å². The topological polar surface area (TPSA) is 71.3 Å². The molecule has 28 heavy (non-hydrogen) atoms. The predicted octanol–water partition coefficient (Wildman–Crippen LogP) is 4.52. The molecule has 0 unspecified atom stereocenters. The standard InChI is InChI=1S/C22H19ClN2O3/c1-5-8-28-21-18(23)11-16(12-20(21)27-4)10-17(13-24)22(26)25-19-9-14(2)6-7-15(19)3/h1,6-7,9-12H,8H2,2-4H3,(H,25,26)/b17-10+. The molecule has 0 aliphatic heterocycles. The van der Waals surface area contributed by atoms with Gasteiger partial charge in [0.05, 0.1) is 12.1 Å². The van der Waals surface area contributed by atoms with Crippen LogP contribution < -0.4 is 14.8 Å². The molecule has 2 aromatic rings. The predicted molar refractivity (Wildman–Crippen MR) is 110 cm³/mol. The van der Waals surface area contributed by atoms with Crippen LogP contribution in [0.3, 0.4) is 0 Å². The van der Waals surface area contributed by atoms with E-state index in [1.807, 2.05) is 38.1 Å². The van der Waals surface area contributed by atoms with E-state index >= 15 is 0 Å². The monoisotopic (exact) mass is 394 g/mol. The van der Waals surface area contributed by atoms with Crippen LogP contribution in [0.1, 0.15) is 16.7 Å². The smallest absolute Gasteiger partial charge is 0.266 e. The number of carbonyl (C=O) groups excluding carboxylic acids is 1. The molecule has 2 aromatic carbocycles. The third kappa shape index (κ3) is 5.07. The molecule has 0 aliphatic rings. The lowest BCUT2D eigenvalue weighted by Crippen LogP contribution is -2.14. The first kappa shape index (κ1) is 20.9. The van der Waals surface area contributed by atoms with Crippen LogP contribution in [0.5, 0.6) is 11.5 Å². The van der Waals surface area contributed by atoms with Crippen molar-refractivity contribution in [2.45, 2.75) is 13.8 Å². The van der Waals surface area contributed by atoms with Crippen molar-refractivity contribution in [2.75, 3.05) is 19.0 Å². The number of amides is 1. The van der Waals surface area contributed by atoms with Gasteiger partial charge in [0.1, 0.15) is 18.2 Å². The van der Waals surface area contributed by atoms with Crippen molar-refractivity contribution in [3.63, 3.8) is 0 Å². The number of benzene rings is 2. The van der Waals surface area contributed by atoms with Gasteiger partial charge in [0.25, 0.3) is 5.91 Å². The van der Waals surface area contributed by atoms with Crippen LogP contribution in [-0.2, 0) is 4.79 Å². The van der Waals surface area contributed by atoms with Gasteiger partial charge in [-0.15, -0.1) is 6.42 Å². The lowest BCUT2D eigenvalue weighted by Gasteiger charge is -2.12. The highest BCUT2D eigenvalue weighted by Crippen LogP contribution is 2.37. The van der Waals surface area contributed by atoms with Crippen molar-refractivity contribution in [3.05, 3.63) is 57.6 Å². The van der Waals surface area contributed by atoms with Gasteiger partial charge in [0.2, 0.25) is 0 Å². The Kier molecular flexibility index (Phi) is 7.09. The largest absolute Gasteiger partial charge is 0.493 e. The molecule has 0 atom stereocenters. The van der Waals surface area contributed by atoms with Crippen molar-refractivity contribution in [1.82, 2.24) is 0 Å². The van der Waals surface area contributed by atoms with E-state index < -0.39 is 5.91 Å². The summed E-state index contributed by atoms with van der Waals surface area (Å²) in [5.74, 6) is 2.49. The van der Waals surface area contributed by atoms with Crippen LogP contribution >= 0.6 is 11.6 Å². The maximum atomic E-state index is 12.5. The minimum atomic E-state index is -0.515. The Labute approximate surface area is 169 Å². The Morgan fingerprint density at radius 3 is 2.71 bits per heavy atom. The van der Waals surface area contributed by atoms with Gasteiger partial charge in [0, 0.05) is 5.69 Å². The molecule has 0 fully saturated rings. The van der Waals surface area contributed by atoms with E-state index in [4.69, 9.17) is 27.5 Å². The van der Waals surface area contributed by atoms with Gasteiger partial charge in [-0.3, -0.25) is 4.79 Å². The third-order valence-corrected chi connectivity index (χ3v) is 4.15. The third-order valence-electron chi connectivity index (χ3n) is 3.87. The second kappa shape index (κ2) is 9.50. The van der Waals surface area contributed by atoms with Crippen molar-refractivity contribution in [2.24, 2.45) is 0 Å². The lowest BCUT2D eigenvalue weighted by molar-refractivity contribution is -0.112. The van der Waals surface area contributed by atoms with Crippen LogP contribution in [0.4, 0.5) is 5.69 Å². The van der Waals surface area contributed by atoms with E-state index in [0.717, 1.165) is 11.1 Å². The molecule has 6 heteroatoms. The van der Waals surface area contributed by atoms with E-state index in [1.165, 1.54) is 13.2 Å². The van der Waals surface area contributed by atoms with Crippen LogP contribution in [0, 0.1) is 37.5 Å². The summed E-state index contributed by atoms with van der Waals surface area (Å²) in [6.07, 6.45) is 6.63. The van der Waals surface area contributed by atoms with Crippen LogP contribution in [0.15, 0.2) is 35.9 Å². The van der Waals surface area contributed by atoms with E-state index in [9.17, 15) is 10.1 Å². The van der Waals surface area contributed by atoms with Gasteiger partial charge in [-0.25, -0.2) is 0 Å². The summed E-state index contributed by atoms with van der Waals surface area (Å²) in [7, 11) is 1.46. The fourth-order valence-electron chi connectivity index (χ4n) is 2.45. The molecular weight excluding hydrogens is 376 g/mol. The summed E-state index contributed by atoms with van der Waals surface area (Å²) in [5.41, 5.74) is 3.00. The Bertz CT molecular complexity index is 1010. The normalized spacial score (nSPS) is 10.6. The average Bonchev–Trinajstić information content (AvgIpc) is 2.67. The molecule has 142 valence electrons. The first-order chi connectivity index (χ1) is 13.4. The molecule has 0 aliphatic carbocycles. The zero-order valence-electron chi connectivity index (χ0n) is 15.8. The molecule has 0 spiro atoms. The van der Waals surface area contributed by atoms with Crippen LogP contribution in [-0.4, -0.2) is 19.6 Å². The quantitative estimate of drug-likeness (QED) is 0.444. The molecule has 2 rings (SSSR count). The molecule has 1 N–H and O–H groups in total. The molecule has 5 nitrogen and oxygen atoms in total. The number of carbonyl (C=O) groups is 1. The van der Waals surface area contributed by atoms with E-state index in [2.05, 4.69) is 11.2 Å². The van der Waals surface area contributed by atoms with Gasteiger partial charge in [0.15, 0.2) is 11.5 Å². The first-order valence-corrected chi connectivity index (χ1v) is 8.71. The van der Waals surface area contributed by atoms with Gasteiger partial charge in [-0.05, 0) is 54.8 Å². The fourth-order valence-corrected chi connectivity index (χ4v) is 2.73. The minimum Gasteiger partial charge on any atom is -0.493 e. The molecule has 0 saturated heterocycles. The summed E-state index contributed by atoms with van der Waals surface area (Å²) in [4.78, 5) is 12.5. The fraction of sp³-hybridized carbons (Fsp3) is 0.182. The van der Waals surface area contributed by atoms with E-state index in [0.29, 0.717) is 22.7 Å². The lowest BCUT2D eigenvalue weighted by atomic mass is 10.1. The second-order valence-corrected chi connectivity index (χ2v) is 6.38. The molecule has 0 bridgehead atoms. The number of halogens is 1. The van der Waals surface area contributed by atoms with Crippen LogP contribution in [0.2, 0.25) is 5.02 Å². The molecule has 0 heterocycles. The summed E-state index contributed by atoms with van der Waals surface area (Å²) >= 11 is 6.24.